The molecule has 5 nitrogen and oxygen atoms in total. The second-order valence-corrected chi connectivity index (χ2v) is 6.94. The lowest BCUT2D eigenvalue weighted by atomic mass is 9.99. The van der Waals surface area contributed by atoms with Crippen molar-refractivity contribution in [1.29, 1.82) is 0 Å². The summed E-state index contributed by atoms with van der Waals surface area (Å²) < 4.78 is 0. The molecule has 1 aromatic carbocycles. The number of piperidine rings is 1. The van der Waals surface area contributed by atoms with Crippen molar-refractivity contribution in [2.45, 2.75) is 50.2 Å². The first-order valence-corrected chi connectivity index (χ1v) is 9.07. The molecule has 0 aliphatic carbocycles. The minimum Gasteiger partial charge on any atom is -0.371 e. The number of benzene rings is 1. The van der Waals surface area contributed by atoms with Crippen molar-refractivity contribution in [2.75, 3.05) is 25.0 Å². The Bertz CT molecular complexity index is 650. The third-order valence-corrected chi connectivity index (χ3v) is 5.32. The first-order valence-electron chi connectivity index (χ1n) is 9.07. The van der Waals surface area contributed by atoms with Gasteiger partial charge in [0.05, 0.1) is 0 Å². The number of terminal acetylenes is 1. The zero-order valence-electron chi connectivity index (χ0n) is 14.9. The molecular formula is C20H26N4O. The Morgan fingerprint density at radius 3 is 2.56 bits per heavy atom. The molecular weight excluding hydrogens is 312 g/mol. The number of hydrogen-bond acceptors (Lipinski definition) is 4. The molecule has 2 heterocycles. The van der Waals surface area contributed by atoms with Gasteiger partial charge in [-0.2, -0.15) is 10.2 Å². The molecule has 1 saturated heterocycles. The van der Waals surface area contributed by atoms with E-state index in [9.17, 15) is 4.79 Å². The van der Waals surface area contributed by atoms with Crippen LogP contribution in [-0.4, -0.2) is 42.6 Å². The number of hydrogen-bond donors (Lipinski definition) is 0. The Labute approximate surface area is 150 Å². The zero-order chi connectivity index (χ0) is 17.7. The van der Waals surface area contributed by atoms with Crippen molar-refractivity contribution >= 4 is 11.6 Å². The number of para-hydroxylation sites is 1. The zero-order valence-corrected chi connectivity index (χ0v) is 14.9. The van der Waals surface area contributed by atoms with Gasteiger partial charge in [0.1, 0.15) is 0 Å². The highest BCUT2D eigenvalue weighted by Crippen LogP contribution is 2.37. The highest BCUT2D eigenvalue weighted by atomic mass is 16.2. The maximum atomic E-state index is 12.5. The fourth-order valence-corrected chi connectivity index (χ4v) is 3.51. The third-order valence-electron chi connectivity index (χ3n) is 5.32. The van der Waals surface area contributed by atoms with Crippen molar-refractivity contribution in [3.63, 3.8) is 0 Å². The molecule has 1 amide bonds. The first kappa shape index (κ1) is 17.5. The summed E-state index contributed by atoms with van der Waals surface area (Å²) in [5.41, 5.74) is 0.904. The topological polar surface area (TPSA) is 48.3 Å². The highest BCUT2D eigenvalue weighted by molar-refractivity contribution is 5.76. The normalized spacial score (nSPS) is 18.6. The van der Waals surface area contributed by atoms with Gasteiger partial charge < -0.3 is 9.80 Å². The van der Waals surface area contributed by atoms with Gasteiger partial charge in [0.2, 0.25) is 5.91 Å². The Morgan fingerprint density at radius 2 is 1.96 bits per heavy atom. The summed E-state index contributed by atoms with van der Waals surface area (Å²) in [5, 5.41) is 8.22. The molecule has 1 aromatic rings. The summed E-state index contributed by atoms with van der Waals surface area (Å²) in [4.78, 5) is 16.9. The van der Waals surface area contributed by atoms with Crippen LogP contribution in [-0.2, 0) is 4.79 Å². The second kappa shape index (κ2) is 7.69. The Morgan fingerprint density at radius 1 is 1.28 bits per heavy atom. The van der Waals surface area contributed by atoms with E-state index in [2.05, 4.69) is 45.3 Å². The number of nitrogens with zero attached hydrogens (tertiary/aromatic N) is 4. The summed E-state index contributed by atoms with van der Waals surface area (Å²) >= 11 is 0. The van der Waals surface area contributed by atoms with Crippen LogP contribution in [0.4, 0.5) is 5.69 Å². The van der Waals surface area contributed by atoms with E-state index in [4.69, 9.17) is 6.42 Å². The standard InChI is InChI=1S/C20H26N4O/c1-3-4-13-20(21-22-20)14-10-19(25)23(2)17-11-15-24(16-12-17)18-8-6-5-7-9-18/h1,5-9,17H,4,10-16H2,2H3. The van der Waals surface area contributed by atoms with Gasteiger partial charge in [-0.15, -0.1) is 12.3 Å². The molecule has 25 heavy (non-hydrogen) atoms. The summed E-state index contributed by atoms with van der Waals surface area (Å²) in [6.45, 7) is 1.98. The number of carbonyl (C=O) groups excluding carboxylic acids is 1. The molecule has 0 radical (unpaired) electrons. The van der Waals surface area contributed by atoms with Crippen molar-refractivity contribution in [3.05, 3.63) is 30.3 Å². The van der Waals surface area contributed by atoms with Crippen LogP contribution in [0.1, 0.15) is 38.5 Å². The van der Waals surface area contributed by atoms with Gasteiger partial charge in [0.25, 0.3) is 0 Å². The van der Waals surface area contributed by atoms with Gasteiger partial charge in [-0.05, 0) is 25.0 Å². The van der Waals surface area contributed by atoms with Crippen LogP contribution in [0.25, 0.3) is 0 Å². The lowest BCUT2D eigenvalue weighted by Gasteiger charge is -2.38. The fourth-order valence-electron chi connectivity index (χ4n) is 3.51. The van der Waals surface area contributed by atoms with Gasteiger partial charge in [-0.25, -0.2) is 0 Å². The van der Waals surface area contributed by atoms with Crippen LogP contribution in [0.3, 0.4) is 0 Å². The van der Waals surface area contributed by atoms with Crippen LogP contribution in [0.5, 0.6) is 0 Å². The van der Waals surface area contributed by atoms with Crippen LogP contribution < -0.4 is 4.90 Å². The smallest absolute Gasteiger partial charge is 0.222 e. The predicted molar refractivity (Wildman–Crippen MR) is 99.3 cm³/mol. The average Bonchev–Trinajstić information content (AvgIpc) is 3.45. The Kier molecular flexibility index (Phi) is 5.37. The molecule has 0 spiro atoms. The van der Waals surface area contributed by atoms with Crippen LogP contribution in [0, 0.1) is 12.3 Å². The van der Waals surface area contributed by atoms with E-state index in [0.717, 1.165) is 32.4 Å². The molecule has 1 fully saturated rings. The van der Waals surface area contributed by atoms with Crippen molar-refractivity contribution in [1.82, 2.24) is 4.90 Å². The summed E-state index contributed by atoms with van der Waals surface area (Å²) in [5.74, 6) is 2.81. The number of amides is 1. The SMILES string of the molecule is C#CCCC1(CCC(=O)N(C)C2CCN(c3ccccc3)CC2)N=N1. The molecule has 132 valence electrons. The summed E-state index contributed by atoms with van der Waals surface area (Å²) in [6.07, 6.45) is 9.92. The summed E-state index contributed by atoms with van der Waals surface area (Å²) in [6, 6.07) is 10.8. The minimum atomic E-state index is -0.362. The number of anilines is 1. The maximum absolute atomic E-state index is 12.5. The van der Waals surface area contributed by atoms with Crippen LogP contribution in [0.15, 0.2) is 40.6 Å². The van der Waals surface area contributed by atoms with Crippen molar-refractivity contribution < 1.29 is 4.79 Å². The lowest BCUT2D eigenvalue weighted by molar-refractivity contribution is -0.132. The van der Waals surface area contributed by atoms with Gasteiger partial charge >= 0.3 is 0 Å². The molecule has 2 aliphatic heterocycles. The van der Waals surface area contributed by atoms with E-state index < -0.39 is 0 Å². The number of carbonyl (C=O) groups is 1. The van der Waals surface area contributed by atoms with E-state index in [0.29, 0.717) is 25.3 Å². The lowest BCUT2D eigenvalue weighted by Crippen LogP contribution is -2.45. The monoisotopic (exact) mass is 338 g/mol. The maximum Gasteiger partial charge on any atom is 0.222 e. The van der Waals surface area contributed by atoms with Gasteiger partial charge in [0.15, 0.2) is 5.66 Å². The van der Waals surface area contributed by atoms with Gasteiger partial charge in [-0.3, -0.25) is 4.79 Å². The van der Waals surface area contributed by atoms with E-state index in [1.807, 2.05) is 18.0 Å². The third kappa shape index (κ3) is 4.39. The first-order chi connectivity index (χ1) is 12.1. The van der Waals surface area contributed by atoms with Gasteiger partial charge in [-0.1, -0.05) is 18.2 Å². The number of rotatable bonds is 7. The van der Waals surface area contributed by atoms with Gasteiger partial charge in [0, 0.05) is 57.5 Å². The second-order valence-electron chi connectivity index (χ2n) is 6.94. The van der Waals surface area contributed by atoms with E-state index in [1.165, 1.54) is 5.69 Å². The van der Waals surface area contributed by atoms with Crippen LogP contribution >= 0.6 is 0 Å². The molecule has 3 rings (SSSR count). The molecule has 0 aromatic heterocycles. The minimum absolute atomic E-state index is 0.190. The van der Waals surface area contributed by atoms with E-state index >= 15 is 0 Å². The van der Waals surface area contributed by atoms with E-state index in [-0.39, 0.29) is 11.6 Å². The molecule has 2 aliphatic rings. The molecule has 0 saturated carbocycles. The molecule has 0 unspecified atom stereocenters. The summed E-state index contributed by atoms with van der Waals surface area (Å²) in [7, 11) is 1.93. The van der Waals surface area contributed by atoms with E-state index in [1.54, 1.807) is 0 Å². The molecule has 5 heteroatoms. The molecule has 0 N–H and O–H groups in total. The van der Waals surface area contributed by atoms with Crippen molar-refractivity contribution in [3.8, 4) is 12.3 Å². The highest BCUT2D eigenvalue weighted by Gasteiger charge is 2.39. The molecule has 0 bridgehead atoms. The fraction of sp³-hybridized carbons (Fsp3) is 0.550. The largest absolute Gasteiger partial charge is 0.371 e. The Hall–Kier alpha value is -2.35. The average molecular weight is 338 g/mol. The predicted octanol–water partition coefficient (Wildman–Crippen LogP) is 3.47. The quantitative estimate of drug-likeness (QED) is 0.715. The van der Waals surface area contributed by atoms with Crippen LogP contribution in [0.2, 0.25) is 0 Å². The molecule has 0 atom stereocenters. The Balaban J connectivity index is 1.43. The van der Waals surface area contributed by atoms with Crippen molar-refractivity contribution in [2.24, 2.45) is 10.2 Å².